The fraction of sp³-hybridized carbons (Fsp3) is 0.336. The lowest BCUT2D eigenvalue weighted by Gasteiger charge is -2.31. The van der Waals surface area contributed by atoms with Gasteiger partial charge in [-0.05, 0) is 248 Å². The van der Waals surface area contributed by atoms with Crippen molar-refractivity contribution in [2.75, 3.05) is 187 Å². The number of anilines is 5. The quantitative estimate of drug-likeness (QED) is 0.0711. The molecule has 37 heteroatoms. The third kappa shape index (κ3) is 21.5. The van der Waals surface area contributed by atoms with Crippen LogP contribution in [0.5, 0.6) is 23.0 Å². The second-order valence-corrected chi connectivity index (χ2v) is 37.9. The number of nitrogens with two attached hydrogens (primary N) is 1. The Morgan fingerprint density at radius 3 is 1.07 bits per heavy atom. The van der Waals surface area contributed by atoms with Crippen LogP contribution in [0.1, 0.15) is 37.8 Å². The van der Waals surface area contributed by atoms with Gasteiger partial charge in [-0.25, -0.2) is 51.9 Å². The number of rotatable bonds is 19. The summed E-state index contributed by atoms with van der Waals surface area (Å²) in [5, 5.41) is 9.16. The van der Waals surface area contributed by atoms with E-state index in [1.54, 1.807) is 123 Å². The number of aliphatic hydroxyl groups excluding tert-OH is 1. The Morgan fingerprint density at radius 1 is 0.340 bits per heavy atom. The van der Waals surface area contributed by atoms with Crippen molar-refractivity contribution >= 4 is 62.7 Å². The van der Waals surface area contributed by atoms with Crippen molar-refractivity contribution in [3.05, 3.63) is 300 Å². The summed E-state index contributed by atoms with van der Waals surface area (Å²) in [6, 6.07) is 47.9. The van der Waals surface area contributed by atoms with Gasteiger partial charge in [0.05, 0.1) is 63.5 Å². The number of aromatic nitrogens is 12. The van der Waals surface area contributed by atoms with Gasteiger partial charge in [-0.1, -0.05) is 18.2 Å². The van der Waals surface area contributed by atoms with Gasteiger partial charge in [-0.2, -0.15) is 0 Å². The van der Waals surface area contributed by atoms with Crippen LogP contribution in [0, 0.1) is 47.8 Å². The third-order valence-electron chi connectivity index (χ3n) is 28.0. The van der Waals surface area contributed by atoms with E-state index >= 15 is 0 Å². The molecule has 22 rings (SSSR count). The summed E-state index contributed by atoms with van der Waals surface area (Å²) in [6.07, 6.45) is 17.2. The fourth-order valence-electron chi connectivity index (χ4n) is 19.7. The standard InChI is InChI=1S/C23H25FN4O3.C22H23FN6O.2C21H23FN4O2.C20H21FN4O2/c1-31-21-4-2-15(8-19(21)24)20-9-23(30)28-14-18(3-5-22(28)25-20)27-12-16-10-26(6-7-29)11-17(16)13-27;1-14-10-28-11-15(8-18(23)22(28)24-14)19-9-21(30)29-13-17(4-5-20(29)25-19)27-7-6-16(12-27)26(2)3;2*1-24(2)16-8-9-25(13-16)20-11-21(27)26-12-15(5-7-19(26)23-20)14-4-6-18(28-3)17(22)10-14;1-27-17-4-2-13(10-16(17)21)14-3-5-18-23-19(11-20(26)25(18)12-14)24-8-6-15(22)7-9-24/h2-5,8-9,14,16-17,29H,6-7,10-13H2,1H3;4-5,8-11,13,16H,6-7,12H2,1-3H3;2*4-7,10-12,16H,8-9,13H2,1-3H3;2-5,10-12,15H,6-9,22H2,1H3/t16-,17+;3*16-;/m.010./s1. The number of hydrogen-bond donors (Lipinski definition) is 2. The molecule has 6 aliphatic rings. The number of aliphatic hydroxyl groups is 1. The minimum Gasteiger partial charge on any atom is -0.494 e. The molecule has 0 saturated carbocycles. The molecule has 6 saturated heterocycles. The van der Waals surface area contributed by atoms with Gasteiger partial charge in [0.15, 0.2) is 57.7 Å². The summed E-state index contributed by atoms with van der Waals surface area (Å²) in [6.45, 7) is 13.6. The van der Waals surface area contributed by atoms with Crippen molar-refractivity contribution in [2.45, 2.75) is 63.2 Å². The van der Waals surface area contributed by atoms with Crippen LogP contribution in [-0.2, 0) is 0 Å². The van der Waals surface area contributed by atoms with Crippen molar-refractivity contribution in [1.29, 1.82) is 0 Å². The summed E-state index contributed by atoms with van der Waals surface area (Å²) < 4.78 is 99.6. The molecule has 4 aromatic carbocycles. The molecule has 144 heavy (non-hydrogen) atoms. The average Bonchev–Trinajstić information content (AvgIpc) is 1.49. The molecule has 0 amide bonds. The van der Waals surface area contributed by atoms with Gasteiger partial charge >= 0.3 is 0 Å². The molecule has 0 aliphatic carbocycles. The van der Waals surface area contributed by atoms with E-state index in [-0.39, 0.29) is 69.1 Å². The molecule has 18 heterocycles. The molecule has 32 nitrogen and oxygen atoms in total. The SMILES string of the molecule is COc1ccc(-c2cc(=O)n3cc(N4C[C@H]5CN(CCO)C[C@H]5C4)ccc3n2)cc1F.COc1ccc(-c2ccc3nc(N4CCC(N)CC4)cc(=O)n3c2)cc1F.COc1ccc(-c2ccc3nc(N4CC[C@@H](N(C)C)C4)cc(=O)n3c2)cc1F.COc1ccc(-c2ccc3nc(N4CC[C@H](N(C)C)C4)cc(=O)n3c2)cc1F.Cc1cn2cc(-c3cc(=O)n4cc(N5CC[C@H](N(C)C)C5)ccc4n3)cc(F)c2n1. The Balaban J connectivity index is 0.000000119. The number of benzene rings is 4. The first-order valence-electron chi connectivity index (χ1n) is 47.9. The van der Waals surface area contributed by atoms with E-state index in [1.807, 2.05) is 61.8 Å². The lowest BCUT2D eigenvalue weighted by atomic mass is 10.0. The van der Waals surface area contributed by atoms with Crippen LogP contribution >= 0.6 is 0 Å². The van der Waals surface area contributed by atoms with Crippen molar-refractivity contribution in [3.8, 4) is 78.9 Å². The van der Waals surface area contributed by atoms with Gasteiger partial charge in [-0.15, -0.1) is 0 Å². The molecule has 0 bridgehead atoms. The number of hydrogen-bond acceptors (Lipinski definition) is 26. The predicted molar refractivity (Wildman–Crippen MR) is 549 cm³/mol. The predicted octanol–water partition coefficient (Wildman–Crippen LogP) is 12.2. The Labute approximate surface area is 826 Å². The molecule has 0 unspecified atom stereocenters. The molecule has 16 aromatic rings. The Bertz CT molecular complexity index is 7620. The van der Waals surface area contributed by atoms with Gasteiger partial charge < -0.3 is 78.3 Å². The number of halogens is 5. The van der Waals surface area contributed by atoms with E-state index in [0.717, 1.165) is 151 Å². The number of piperidine rings is 1. The minimum atomic E-state index is -0.491. The molecular formula is C107H115F5N22O10. The number of imidazole rings is 1. The first-order valence-corrected chi connectivity index (χ1v) is 47.9. The molecule has 0 spiro atoms. The highest BCUT2D eigenvalue weighted by atomic mass is 19.1. The van der Waals surface area contributed by atoms with Gasteiger partial charge in [0.25, 0.3) is 27.8 Å². The second kappa shape index (κ2) is 42.6. The molecule has 3 N–H and O–H groups in total. The minimum absolute atomic E-state index is 0.149. The molecule has 12 aromatic heterocycles. The van der Waals surface area contributed by atoms with E-state index in [2.05, 4.69) is 116 Å². The smallest absolute Gasteiger partial charge is 0.259 e. The summed E-state index contributed by atoms with van der Waals surface area (Å²) >= 11 is 0. The van der Waals surface area contributed by atoms with E-state index in [1.165, 1.54) is 90.2 Å². The summed E-state index contributed by atoms with van der Waals surface area (Å²) in [5.74, 6) is 1.72. The Morgan fingerprint density at radius 2 is 0.674 bits per heavy atom. The van der Waals surface area contributed by atoms with Gasteiger partial charge in [-0.3, -0.25) is 46.0 Å². The topological polar surface area (TPSA) is 301 Å². The highest BCUT2D eigenvalue weighted by Gasteiger charge is 2.40. The summed E-state index contributed by atoms with van der Waals surface area (Å²) in [7, 11) is 18.2. The zero-order chi connectivity index (χ0) is 101. The molecule has 6 fully saturated rings. The normalized spacial score (nSPS) is 17.5. The fourth-order valence-corrected chi connectivity index (χ4v) is 19.7. The van der Waals surface area contributed by atoms with E-state index in [0.29, 0.717) is 115 Å². The van der Waals surface area contributed by atoms with Crippen LogP contribution in [0.15, 0.2) is 237 Å². The first kappa shape index (κ1) is 99.1. The molecule has 748 valence electrons. The molecular weight excluding hydrogens is 1850 g/mol. The van der Waals surface area contributed by atoms with Crippen molar-refractivity contribution in [3.63, 3.8) is 0 Å². The highest BCUT2D eigenvalue weighted by molar-refractivity contribution is 5.71. The van der Waals surface area contributed by atoms with Crippen molar-refractivity contribution < 1.29 is 46.0 Å². The second-order valence-electron chi connectivity index (χ2n) is 37.9. The number of pyridine rings is 6. The van der Waals surface area contributed by atoms with E-state index < -0.39 is 29.1 Å². The zero-order valence-corrected chi connectivity index (χ0v) is 82.1. The number of methoxy groups -OCH3 is 4. The Kier molecular flexibility index (Phi) is 29.4. The molecule has 6 aliphatic heterocycles. The number of aryl methyl sites for hydroxylation is 1. The van der Waals surface area contributed by atoms with Gasteiger partial charge in [0.1, 0.15) is 45.7 Å². The van der Waals surface area contributed by atoms with Gasteiger partial charge in [0.2, 0.25) is 0 Å². The lowest BCUT2D eigenvalue weighted by molar-refractivity contribution is 0.214. The number of likely N-dealkylation sites (tertiary alicyclic amines) is 1. The van der Waals surface area contributed by atoms with Crippen LogP contribution in [-0.4, -0.2) is 268 Å². The maximum atomic E-state index is 14.5. The number of likely N-dealkylation sites (N-methyl/N-ethyl adjacent to an activating group) is 3. The van der Waals surface area contributed by atoms with Crippen LogP contribution < -0.4 is 77.0 Å². The summed E-state index contributed by atoms with van der Waals surface area (Å²) in [4.78, 5) is 111. The first-order chi connectivity index (χ1) is 69.4. The number of nitrogens with zero attached hydrogens (tertiary/aromatic N) is 21. The highest BCUT2D eigenvalue weighted by Crippen LogP contribution is 2.37. The molecule has 5 atom stereocenters. The largest absolute Gasteiger partial charge is 0.494 e. The number of fused-ring (bicyclic) bond motifs is 7. The number of ether oxygens (including phenoxy) is 4. The van der Waals surface area contributed by atoms with Crippen molar-refractivity contribution in [1.82, 2.24) is 75.9 Å². The van der Waals surface area contributed by atoms with E-state index in [9.17, 15) is 45.9 Å². The van der Waals surface area contributed by atoms with Crippen LogP contribution in [0.2, 0.25) is 0 Å². The monoisotopic (exact) mass is 1960 g/mol. The van der Waals surface area contributed by atoms with Gasteiger partial charge in [0, 0.05) is 194 Å². The van der Waals surface area contributed by atoms with Crippen molar-refractivity contribution in [2.24, 2.45) is 17.6 Å². The maximum Gasteiger partial charge on any atom is 0.259 e. The molecule has 0 radical (unpaired) electrons. The average molecular weight is 1960 g/mol. The summed E-state index contributed by atoms with van der Waals surface area (Å²) in [5.41, 5.74) is 17.0. The van der Waals surface area contributed by atoms with Crippen LogP contribution in [0.4, 0.5) is 50.8 Å². The third-order valence-corrected chi connectivity index (χ3v) is 28.0. The van der Waals surface area contributed by atoms with E-state index in [4.69, 9.17) is 29.8 Å². The van der Waals surface area contributed by atoms with Crippen LogP contribution in [0.25, 0.3) is 89.8 Å². The lowest BCUT2D eigenvalue weighted by Crippen LogP contribution is -2.40. The number of β-amino-alcohol motifs (C(OH)–C–C–N with tert-alkyl or cyclic N) is 1. The zero-order valence-electron chi connectivity index (χ0n) is 82.1. The van der Waals surface area contributed by atoms with Crippen LogP contribution in [0.3, 0.4) is 0 Å². The maximum absolute atomic E-state index is 14.5. The Hall–Kier alpha value is -15.0.